The number of hydrogen-bond acceptors (Lipinski definition) is 2. The zero-order valence-corrected chi connectivity index (χ0v) is 13.5. The normalized spacial score (nSPS) is 12.9. The topological polar surface area (TPSA) is 79.5 Å². The van der Waals surface area contributed by atoms with Crippen molar-refractivity contribution in [1.82, 2.24) is 10.6 Å². The monoisotopic (exact) mass is 330 g/mol. The molecule has 5 nitrogen and oxygen atoms in total. The molecule has 0 saturated heterocycles. The van der Waals surface area contributed by atoms with Gasteiger partial charge < -0.3 is 11.1 Å². The predicted octanol–water partition coefficient (Wildman–Crippen LogP) is 3.31. The molecule has 0 aliphatic heterocycles. The average Bonchev–Trinajstić information content (AvgIpc) is 2.35. The number of carbonyl (C=O) groups excluding carboxylic acids is 1. The van der Waals surface area contributed by atoms with E-state index in [0.717, 1.165) is 12.1 Å². The summed E-state index contributed by atoms with van der Waals surface area (Å²) in [5.74, 6) is -0.193. The number of nitrogens with zero attached hydrogens (tertiary/aromatic N) is 1. The van der Waals surface area contributed by atoms with Gasteiger partial charge in [-0.1, -0.05) is 6.92 Å². The van der Waals surface area contributed by atoms with Crippen molar-refractivity contribution in [2.45, 2.75) is 45.8 Å². The Morgan fingerprint density at radius 3 is 2.35 bits per heavy atom. The van der Waals surface area contributed by atoms with Crippen LogP contribution in [0.25, 0.3) is 0 Å². The summed E-state index contributed by atoms with van der Waals surface area (Å²) < 4.78 is 38.1. The number of hydrogen-bond donors (Lipinski definition) is 3. The minimum atomic E-state index is -4.41. The summed E-state index contributed by atoms with van der Waals surface area (Å²) in [6.45, 7) is 7.10. The number of halogens is 3. The quantitative estimate of drug-likeness (QED) is 0.574. The number of amides is 2. The molecule has 8 heteroatoms. The van der Waals surface area contributed by atoms with Crippen LogP contribution in [0.15, 0.2) is 23.2 Å². The van der Waals surface area contributed by atoms with E-state index in [1.165, 1.54) is 6.07 Å². The van der Waals surface area contributed by atoms with E-state index in [-0.39, 0.29) is 11.6 Å². The van der Waals surface area contributed by atoms with Gasteiger partial charge in [0.25, 0.3) is 0 Å². The molecule has 0 radical (unpaired) electrons. The highest BCUT2D eigenvalue weighted by molar-refractivity contribution is 5.96. The fourth-order valence-electron chi connectivity index (χ4n) is 1.80. The third-order valence-corrected chi connectivity index (χ3v) is 2.76. The van der Waals surface area contributed by atoms with E-state index < -0.39 is 23.3 Å². The molecular weight excluding hydrogens is 309 g/mol. The number of aliphatic imine (C=N–C) groups is 1. The number of carbonyl (C=O) groups is 1. The standard InChI is InChI=1S/C15H21F3N4O/c1-5-9-8-10(15(16,17)18)6-7-11(9)20-12(19)21-13(23)22-14(2,3)4/h6-8H,5H2,1-4H3,(H4,19,20,21,22,23). The van der Waals surface area contributed by atoms with Crippen LogP contribution in [0.5, 0.6) is 0 Å². The number of aryl methyl sites for hydroxylation is 1. The Bertz CT molecular complexity index is 604. The third-order valence-electron chi connectivity index (χ3n) is 2.76. The maximum absolute atomic E-state index is 12.7. The van der Waals surface area contributed by atoms with Gasteiger partial charge in [-0.25, -0.2) is 9.79 Å². The van der Waals surface area contributed by atoms with Crippen LogP contribution in [-0.4, -0.2) is 17.5 Å². The fraction of sp³-hybridized carbons (Fsp3) is 0.467. The average molecular weight is 330 g/mol. The lowest BCUT2D eigenvalue weighted by Gasteiger charge is -2.20. The Kier molecular flexibility index (Phi) is 5.63. The molecule has 0 aliphatic rings. The van der Waals surface area contributed by atoms with Crippen molar-refractivity contribution in [1.29, 1.82) is 0 Å². The first-order valence-electron chi connectivity index (χ1n) is 7.06. The minimum Gasteiger partial charge on any atom is -0.369 e. The number of guanidine groups is 1. The van der Waals surface area contributed by atoms with Gasteiger partial charge in [0.1, 0.15) is 0 Å². The highest BCUT2D eigenvalue weighted by atomic mass is 19.4. The third kappa shape index (κ3) is 6.17. The van der Waals surface area contributed by atoms with Gasteiger partial charge in [0.2, 0.25) is 5.96 Å². The summed E-state index contributed by atoms with van der Waals surface area (Å²) in [4.78, 5) is 15.6. The smallest absolute Gasteiger partial charge is 0.369 e. The molecule has 1 rings (SSSR count). The lowest BCUT2D eigenvalue weighted by Crippen LogP contribution is -2.50. The summed E-state index contributed by atoms with van der Waals surface area (Å²) in [7, 11) is 0. The molecule has 0 atom stereocenters. The fourth-order valence-corrected chi connectivity index (χ4v) is 1.80. The van der Waals surface area contributed by atoms with Crippen LogP contribution in [0.3, 0.4) is 0 Å². The summed E-state index contributed by atoms with van der Waals surface area (Å²) in [6.07, 6.45) is -4.06. The van der Waals surface area contributed by atoms with Crippen LogP contribution < -0.4 is 16.4 Å². The molecule has 128 valence electrons. The van der Waals surface area contributed by atoms with Crippen LogP contribution in [-0.2, 0) is 12.6 Å². The molecule has 2 amide bonds. The largest absolute Gasteiger partial charge is 0.416 e. The second kappa shape index (κ2) is 6.89. The Labute approximate surface area is 133 Å². The minimum absolute atomic E-state index is 0.193. The van der Waals surface area contributed by atoms with Gasteiger partial charge in [0, 0.05) is 5.54 Å². The van der Waals surface area contributed by atoms with E-state index in [0.29, 0.717) is 12.0 Å². The molecule has 0 aliphatic carbocycles. The van der Waals surface area contributed by atoms with Gasteiger partial charge in [-0.3, -0.25) is 5.32 Å². The molecule has 1 aromatic rings. The molecule has 0 spiro atoms. The van der Waals surface area contributed by atoms with Gasteiger partial charge in [-0.05, 0) is 51.0 Å². The zero-order chi connectivity index (χ0) is 17.8. The first-order valence-corrected chi connectivity index (χ1v) is 7.06. The zero-order valence-electron chi connectivity index (χ0n) is 13.5. The van der Waals surface area contributed by atoms with Gasteiger partial charge in [-0.2, -0.15) is 13.2 Å². The van der Waals surface area contributed by atoms with Crippen LogP contribution in [0, 0.1) is 0 Å². The molecule has 0 unspecified atom stereocenters. The molecular formula is C15H21F3N4O. The number of benzene rings is 1. The first-order chi connectivity index (χ1) is 10.4. The van der Waals surface area contributed by atoms with E-state index in [1.807, 2.05) is 0 Å². The van der Waals surface area contributed by atoms with E-state index in [4.69, 9.17) is 5.73 Å². The molecule has 1 aromatic carbocycles. The maximum Gasteiger partial charge on any atom is 0.416 e. The summed E-state index contributed by atoms with van der Waals surface area (Å²) in [5.41, 5.74) is 5.11. The highest BCUT2D eigenvalue weighted by Gasteiger charge is 2.30. The number of rotatable bonds is 2. The molecule has 0 bridgehead atoms. The Morgan fingerprint density at radius 1 is 1.26 bits per heavy atom. The second-order valence-corrected chi connectivity index (χ2v) is 6.02. The predicted molar refractivity (Wildman–Crippen MR) is 83.5 cm³/mol. The van der Waals surface area contributed by atoms with Crippen molar-refractivity contribution in [3.8, 4) is 0 Å². The number of urea groups is 1. The van der Waals surface area contributed by atoms with Gasteiger partial charge in [0.05, 0.1) is 11.3 Å². The van der Waals surface area contributed by atoms with Crippen molar-refractivity contribution < 1.29 is 18.0 Å². The maximum atomic E-state index is 12.7. The van der Waals surface area contributed by atoms with E-state index >= 15 is 0 Å². The Balaban J connectivity index is 2.96. The van der Waals surface area contributed by atoms with E-state index in [1.54, 1.807) is 27.7 Å². The van der Waals surface area contributed by atoms with Crippen molar-refractivity contribution in [2.75, 3.05) is 0 Å². The number of nitrogens with two attached hydrogens (primary N) is 1. The van der Waals surface area contributed by atoms with Gasteiger partial charge in [0.15, 0.2) is 0 Å². The highest BCUT2D eigenvalue weighted by Crippen LogP contribution is 2.32. The Morgan fingerprint density at radius 2 is 1.87 bits per heavy atom. The van der Waals surface area contributed by atoms with Crippen LogP contribution in [0.4, 0.5) is 23.7 Å². The molecule has 0 aromatic heterocycles. The van der Waals surface area contributed by atoms with Gasteiger partial charge >= 0.3 is 12.2 Å². The lowest BCUT2D eigenvalue weighted by atomic mass is 10.1. The van der Waals surface area contributed by atoms with Crippen LogP contribution in [0.2, 0.25) is 0 Å². The Hall–Kier alpha value is -2.25. The van der Waals surface area contributed by atoms with Crippen LogP contribution in [0.1, 0.15) is 38.8 Å². The van der Waals surface area contributed by atoms with Gasteiger partial charge in [-0.15, -0.1) is 0 Å². The summed E-state index contributed by atoms with van der Waals surface area (Å²) >= 11 is 0. The van der Waals surface area contributed by atoms with Crippen molar-refractivity contribution in [2.24, 2.45) is 10.7 Å². The SMILES string of the molecule is CCc1cc(C(F)(F)F)ccc1N=C(N)NC(=O)NC(C)(C)C. The van der Waals surface area contributed by atoms with Crippen LogP contribution >= 0.6 is 0 Å². The summed E-state index contributed by atoms with van der Waals surface area (Å²) in [5, 5.41) is 4.97. The van der Waals surface area contributed by atoms with Crippen molar-refractivity contribution >= 4 is 17.7 Å². The number of nitrogens with one attached hydrogen (secondary N) is 2. The van der Waals surface area contributed by atoms with E-state index in [9.17, 15) is 18.0 Å². The molecule has 23 heavy (non-hydrogen) atoms. The second-order valence-electron chi connectivity index (χ2n) is 6.02. The number of alkyl halides is 3. The molecule has 0 heterocycles. The molecule has 0 fully saturated rings. The van der Waals surface area contributed by atoms with E-state index in [2.05, 4.69) is 15.6 Å². The van der Waals surface area contributed by atoms with Crippen molar-refractivity contribution in [3.63, 3.8) is 0 Å². The van der Waals surface area contributed by atoms with Crippen molar-refractivity contribution in [3.05, 3.63) is 29.3 Å². The summed E-state index contributed by atoms with van der Waals surface area (Å²) in [6, 6.07) is 2.66. The lowest BCUT2D eigenvalue weighted by molar-refractivity contribution is -0.137. The first kappa shape index (κ1) is 18.8. The molecule has 4 N–H and O–H groups in total. The molecule has 0 saturated carbocycles.